The molecule has 2 N–H and O–H groups in total. The minimum Gasteiger partial charge on any atom is -0.330 e. The number of nitrogens with two attached hydrogens (primary N) is 1. The highest BCUT2D eigenvalue weighted by molar-refractivity contribution is 7.88. The largest absolute Gasteiger partial charge is 0.330 e. The van der Waals surface area contributed by atoms with Crippen LogP contribution in [0, 0.1) is 5.82 Å². The van der Waals surface area contributed by atoms with Gasteiger partial charge in [-0.2, -0.15) is 4.31 Å². The molecule has 0 bridgehead atoms. The third kappa shape index (κ3) is 3.77. The molecule has 1 atom stereocenters. The second-order valence-electron chi connectivity index (χ2n) is 5.22. The molecule has 1 aliphatic rings. The second kappa shape index (κ2) is 6.65. The lowest BCUT2D eigenvalue weighted by molar-refractivity contribution is 0.243. The summed E-state index contributed by atoms with van der Waals surface area (Å²) in [6, 6.07) is 5.64. The van der Waals surface area contributed by atoms with E-state index < -0.39 is 10.0 Å². The zero-order valence-electron chi connectivity index (χ0n) is 11.5. The van der Waals surface area contributed by atoms with Gasteiger partial charge in [-0.05, 0) is 43.5 Å². The van der Waals surface area contributed by atoms with Crippen LogP contribution in [0.2, 0.25) is 0 Å². The Bertz CT molecular complexity index is 529. The number of benzene rings is 1. The average Bonchev–Trinajstić information content (AvgIpc) is 2.42. The lowest BCUT2D eigenvalue weighted by Gasteiger charge is -2.34. The Kier molecular flexibility index (Phi) is 5.12. The van der Waals surface area contributed by atoms with E-state index in [4.69, 9.17) is 5.73 Å². The molecule has 4 nitrogen and oxygen atoms in total. The van der Waals surface area contributed by atoms with Crippen molar-refractivity contribution >= 4 is 10.0 Å². The summed E-state index contributed by atoms with van der Waals surface area (Å²) in [7, 11) is -3.37. The normalized spacial score (nSPS) is 21.0. The first-order chi connectivity index (χ1) is 9.53. The quantitative estimate of drug-likeness (QED) is 0.903. The van der Waals surface area contributed by atoms with Gasteiger partial charge in [-0.25, -0.2) is 12.8 Å². The zero-order valence-corrected chi connectivity index (χ0v) is 12.3. The number of nitrogens with zero attached hydrogens (tertiary/aromatic N) is 1. The van der Waals surface area contributed by atoms with E-state index in [2.05, 4.69) is 0 Å². The highest BCUT2D eigenvalue weighted by atomic mass is 32.2. The summed E-state index contributed by atoms with van der Waals surface area (Å²) in [6.07, 6.45) is 3.51. The summed E-state index contributed by atoms with van der Waals surface area (Å²) in [5.74, 6) is -0.431. The van der Waals surface area contributed by atoms with Gasteiger partial charge in [0, 0.05) is 12.6 Å². The maximum atomic E-state index is 12.9. The maximum Gasteiger partial charge on any atom is 0.218 e. The van der Waals surface area contributed by atoms with Crippen molar-refractivity contribution in [2.24, 2.45) is 5.73 Å². The summed E-state index contributed by atoms with van der Waals surface area (Å²) in [4.78, 5) is 0. The summed E-state index contributed by atoms with van der Waals surface area (Å²) < 4.78 is 39.5. The Balaban J connectivity index is 2.13. The topological polar surface area (TPSA) is 63.4 Å². The summed E-state index contributed by atoms with van der Waals surface area (Å²) >= 11 is 0. The average molecular weight is 300 g/mol. The third-order valence-corrected chi connectivity index (χ3v) is 5.59. The molecule has 1 unspecified atom stereocenters. The minimum absolute atomic E-state index is 0.0131. The molecule has 0 radical (unpaired) electrons. The number of sulfonamides is 1. The van der Waals surface area contributed by atoms with Crippen LogP contribution in [-0.4, -0.2) is 31.9 Å². The van der Waals surface area contributed by atoms with Crippen molar-refractivity contribution in [2.45, 2.75) is 37.5 Å². The van der Waals surface area contributed by atoms with Crippen LogP contribution >= 0.6 is 0 Å². The minimum atomic E-state index is -3.37. The van der Waals surface area contributed by atoms with Crippen LogP contribution in [0.5, 0.6) is 0 Å². The SMILES string of the molecule is NCCC1CCCCN1S(=O)(=O)Cc1ccc(F)cc1. The van der Waals surface area contributed by atoms with Crippen LogP contribution < -0.4 is 5.73 Å². The van der Waals surface area contributed by atoms with Crippen molar-refractivity contribution < 1.29 is 12.8 Å². The Morgan fingerprint density at radius 3 is 2.60 bits per heavy atom. The molecule has 0 spiro atoms. The second-order valence-corrected chi connectivity index (χ2v) is 7.14. The first-order valence-electron chi connectivity index (χ1n) is 6.97. The fourth-order valence-electron chi connectivity index (χ4n) is 2.70. The molecule has 0 saturated carbocycles. The van der Waals surface area contributed by atoms with E-state index in [1.54, 1.807) is 4.31 Å². The van der Waals surface area contributed by atoms with Gasteiger partial charge < -0.3 is 5.73 Å². The summed E-state index contributed by atoms with van der Waals surface area (Å²) in [6.45, 7) is 1.06. The van der Waals surface area contributed by atoms with E-state index in [1.807, 2.05) is 0 Å². The van der Waals surface area contributed by atoms with Crippen LogP contribution in [-0.2, 0) is 15.8 Å². The molecule has 0 aromatic heterocycles. The predicted molar refractivity (Wildman–Crippen MR) is 77.0 cm³/mol. The molecule has 2 rings (SSSR count). The molecule has 1 aromatic rings. The van der Waals surface area contributed by atoms with Gasteiger partial charge in [0.2, 0.25) is 10.0 Å². The van der Waals surface area contributed by atoms with Gasteiger partial charge in [0.15, 0.2) is 0 Å². The van der Waals surface area contributed by atoms with Crippen molar-refractivity contribution in [2.75, 3.05) is 13.1 Å². The van der Waals surface area contributed by atoms with Crippen LogP contribution in [0.25, 0.3) is 0 Å². The molecular formula is C14H21FN2O2S. The Hall–Kier alpha value is -0.980. The van der Waals surface area contributed by atoms with Gasteiger partial charge in [-0.3, -0.25) is 0 Å². The van der Waals surface area contributed by atoms with Crippen LogP contribution in [0.3, 0.4) is 0 Å². The monoisotopic (exact) mass is 300 g/mol. The number of rotatable bonds is 5. The van der Waals surface area contributed by atoms with E-state index in [1.165, 1.54) is 24.3 Å². The smallest absolute Gasteiger partial charge is 0.218 e. The molecule has 0 amide bonds. The van der Waals surface area contributed by atoms with Crippen molar-refractivity contribution in [3.8, 4) is 0 Å². The zero-order chi connectivity index (χ0) is 14.6. The van der Waals surface area contributed by atoms with E-state index in [0.29, 0.717) is 25.1 Å². The first kappa shape index (κ1) is 15.4. The van der Waals surface area contributed by atoms with Gasteiger partial charge in [0.1, 0.15) is 5.82 Å². The third-order valence-electron chi connectivity index (χ3n) is 3.69. The lowest BCUT2D eigenvalue weighted by atomic mass is 10.0. The number of hydrogen-bond donors (Lipinski definition) is 1. The van der Waals surface area contributed by atoms with Gasteiger partial charge >= 0.3 is 0 Å². The van der Waals surface area contributed by atoms with Crippen LogP contribution in [0.4, 0.5) is 4.39 Å². The number of halogens is 1. The van der Waals surface area contributed by atoms with Crippen LogP contribution in [0.1, 0.15) is 31.2 Å². The molecule has 112 valence electrons. The summed E-state index contributed by atoms with van der Waals surface area (Å²) in [5, 5.41) is 0. The van der Waals surface area contributed by atoms with E-state index in [9.17, 15) is 12.8 Å². The molecule has 0 aliphatic carbocycles. The van der Waals surface area contributed by atoms with E-state index >= 15 is 0 Å². The summed E-state index contributed by atoms with van der Waals surface area (Å²) in [5.41, 5.74) is 6.19. The molecule has 1 fully saturated rings. The lowest BCUT2D eigenvalue weighted by Crippen LogP contribution is -2.45. The standard InChI is InChI=1S/C14H21FN2O2S/c15-13-6-4-12(5-7-13)11-20(18,19)17-10-2-1-3-14(17)8-9-16/h4-7,14H,1-3,8-11,16H2. The Morgan fingerprint density at radius 2 is 1.95 bits per heavy atom. The van der Waals surface area contributed by atoms with Gasteiger partial charge in [0.05, 0.1) is 5.75 Å². The molecule has 1 saturated heterocycles. The first-order valence-corrected chi connectivity index (χ1v) is 8.58. The molecule has 1 aliphatic heterocycles. The Morgan fingerprint density at radius 1 is 1.25 bits per heavy atom. The van der Waals surface area contributed by atoms with Crippen LogP contribution in [0.15, 0.2) is 24.3 Å². The fraction of sp³-hybridized carbons (Fsp3) is 0.571. The van der Waals surface area contributed by atoms with Crippen molar-refractivity contribution in [1.82, 2.24) is 4.31 Å². The van der Waals surface area contributed by atoms with E-state index in [-0.39, 0.29) is 17.6 Å². The highest BCUT2D eigenvalue weighted by Crippen LogP contribution is 2.24. The van der Waals surface area contributed by atoms with Gasteiger partial charge in [-0.1, -0.05) is 18.6 Å². The molecule has 1 aromatic carbocycles. The molecule has 20 heavy (non-hydrogen) atoms. The maximum absolute atomic E-state index is 12.9. The number of piperidine rings is 1. The highest BCUT2D eigenvalue weighted by Gasteiger charge is 2.31. The van der Waals surface area contributed by atoms with Gasteiger partial charge in [-0.15, -0.1) is 0 Å². The van der Waals surface area contributed by atoms with Crippen molar-refractivity contribution in [3.05, 3.63) is 35.6 Å². The Labute approximate surface area is 119 Å². The number of hydrogen-bond acceptors (Lipinski definition) is 3. The van der Waals surface area contributed by atoms with E-state index in [0.717, 1.165) is 19.3 Å². The van der Waals surface area contributed by atoms with Crippen molar-refractivity contribution in [3.63, 3.8) is 0 Å². The van der Waals surface area contributed by atoms with Gasteiger partial charge in [0.25, 0.3) is 0 Å². The van der Waals surface area contributed by atoms with Crippen molar-refractivity contribution in [1.29, 1.82) is 0 Å². The fourth-order valence-corrected chi connectivity index (χ4v) is 4.55. The molecule has 6 heteroatoms. The molecule has 1 heterocycles. The molecular weight excluding hydrogens is 279 g/mol. The predicted octanol–water partition coefficient (Wildman–Crippen LogP) is 1.86.